The second kappa shape index (κ2) is 8.66. The van der Waals surface area contributed by atoms with Crippen LogP contribution in [0, 0.1) is 0 Å². The quantitative estimate of drug-likeness (QED) is 0.699. The van der Waals surface area contributed by atoms with Crippen molar-refractivity contribution >= 4 is 11.7 Å². The number of hydrogen-bond acceptors (Lipinski definition) is 5. The third kappa shape index (κ3) is 4.94. The summed E-state index contributed by atoms with van der Waals surface area (Å²) in [7, 11) is 3.12. The highest BCUT2D eigenvalue weighted by Gasteiger charge is 2.07. The number of carbonyl (C=O) groups is 1. The molecule has 0 aliphatic rings. The van der Waals surface area contributed by atoms with Crippen LogP contribution >= 0.6 is 0 Å². The molecular formula is C20H20N4O3. The van der Waals surface area contributed by atoms with Crippen LogP contribution in [0.4, 0.5) is 10.5 Å². The van der Waals surface area contributed by atoms with Gasteiger partial charge in [-0.05, 0) is 29.8 Å². The van der Waals surface area contributed by atoms with Gasteiger partial charge in [0.15, 0.2) is 0 Å². The van der Waals surface area contributed by atoms with E-state index in [1.165, 1.54) is 0 Å². The molecule has 138 valence electrons. The summed E-state index contributed by atoms with van der Waals surface area (Å²) in [5.41, 5.74) is 3.32. The van der Waals surface area contributed by atoms with Gasteiger partial charge in [0, 0.05) is 54.6 Å². The van der Waals surface area contributed by atoms with Crippen molar-refractivity contribution in [1.29, 1.82) is 0 Å². The standard InChI is InChI=1S/C20H20N4O3/c1-26-17-10-16(11-18(12-17)27-2)24-20(25)23-13-14-3-8-22-19(9-14)15-4-6-21-7-5-15/h3-12H,13H2,1-2H3,(H2,23,24,25). The lowest BCUT2D eigenvalue weighted by atomic mass is 10.1. The van der Waals surface area contributed by atoms with Gasteiger partial charge in [0.05, 0.1) is 19.9 Å². The van der Waals surface area contributed by atoms with E-state index in [-0.39, 0.29) is 6.03 Å². The van der Waals surface area contributed by atoms with E-state index in [2.05, 4.69) is 20.6 Å². The van der Waals surface area contributed by atoms with Gasteiger partial charge in [0.2, 0.25) is 0 Å². The summed E-state index contributed by atoms with van der Waals surface area (Å²) in [5.74, 6) is 1.20. The Morgan fingerprint density at radius 2 is 1.67 bits per heavy atom. The molecule has 0 saturated carbocycles. The average molecular weight is 364 g/mol. The Kier molecular flexibility index (Phi) is 5.84. The molecule has 0 bridgehead atoms. The Balaban J connectivity index is 1.63. The summed E-state index contributed by atoms with van der Waals surface area (Å²) >= 11 is 0. The fourth-order valence-corrected chi connectivity index (χ4v) is 2.50. The van der Waals surface area contributed by atoms with Crippen molar-refractivity contribution in [2.45, 2.75) is 6.54 Å². The molecule has 1 aromatic carbocycles. The molecule has 7 nitrogen and oxygen atoms in total. The van der Waals surface area contributed by atoms with Gasteiger partial charge < -0.3 is 20.1 Å². The average Bonchev–Trinajstić information content (AvgIpc) is 2.72. The molecule has 0 radical (unpaired) electrons. The van der Waals surface area contributed by atoms with Gasteiger partial charge >= 0.3 is 6.03 Å². The first kappa shape index (κ1) is 18.2. The van der Waals surface area contributed by atoms with Gasteiger partial charge in [0.1, 0.15) is 11.5 Å². The summed E-state index contributed by atoms with van der Waals surface area (Å²) in [6.07, 6.45) is 5.16. The minimum Gasteiger partial charge on any atom is -0.497 e. The second-order valence-electron chi connectivity index (χ2n) is 5.69. The van der Waals surface area contributed by atoms with Crippen molar-refractivity contribution in [3.8, 4) is 22.8 Å². The van der Waals surface area contributed by atoms with Crippen LogP contribution in [-0.4, -0.2) is 30.2 Å². The third-order valence-corrected chi connectivity index (χ3v) is 3.86. The van der Waals surface area contributed by atoms with E-state index < -0.39 is 0 Å². The third-order valence-electron chi connectivity index (χ3n) is 3.86. The molecular weight excluding hydrogens is 344 g/mol. The number of benzene rings is 1. The molecule has 0 fully saturated rings. The molecule has 0 aliphatic heterocycles. The van der Waals surface area contributed by atoms with Crippen molar-refractivity contribution in [3.05, 3.63) is 66.6 Å². The lowest BCUT2D eigenvalue weighted by Crippen LogP contribution is -2.28. The molecule has 0 saturated heterocycles. The van der Waals surface area contributed by atoms with Gasteiger partial charge in [0.25, 0.3) is 0 Å². The van der Waals surface area contributed by atoms with Crippen LogP contribution in [0.15, 0.2) is 61.1 Å². The van der Waals surface area contributed by atoms with E-state index in [0.29, 0.717) is 23.7 Å². The summed E-state index contributed by atoms with van der Waals surface area (Å²) < 4.78 is 10.4. The Morgan fingerprint density at radius 3 is 2.33 bits per heavy atom. The highest BCUT2D eigenvalue weighted by molar-refractivity contribution is 5.89. The van der Waals surface area contributed by atoms with Gasteiger partial charge in [-0.2, -0.15) is 0 Å². The van der Waals surface area contributed by atoms with Crippen LogP contribution in [0.3, 0.4) is 0 Å². The predicted octanol–water partition coefficient (Wildman–Crippen LogP) is 3.48. The number of nitrogens with one attached hydrogen (secondary N) is 2. The SMILES string of the molecule is COc1cc(NC(=O)NCc2ccnc(-c3ccncc3)c2)cc(OC)c1. The van der Waals surface area contributed by atoms with Crippen molar-refractivity contribution in [3.63, 3.8) is 0 Å². The molecule has 0 atom stereocenters. The van der Waals surface area contributed by atoms with Crippen LogP contribution in [0.1, 0.15) is 5.56 Å². The lowest BCUT2D eigenvalue weighted by Gasteiger charge is -2.11. The molecule has 7 heteroatoms. The van der Waals surface area contributed by atoms with E-state index in [1.54, 1.807) is 51.0 Å². The first-order valence-corrected chi connectivity index (χ1v) is 8.31. The van der Waals surface area contributed by atoms with Gasteiger partial charge in [-0.15, -0.1) is 0 Å². The van der Waals surface area contributed by atoms with Crippen molar-refractivity contribution in [1.82, 2.24) is 15.3 Å². The minimum absolute atomic E-state index is 0.326. The number of pyridine rings is 2. The maximum absolute atomic E-state index is 12.2. The van der Waals surface area contributed by atoms with Crippen molar-refractivity contribution in [2.75, 3.05) is 19.5 Å². The number of amides is 2. The fraction of sp³-hybridized carbons (Fsp3) is 0.150. The van der Waals surface area contributed by atoms with E-state index in [9.17, 15) is 4.79 Å². The number of urea groups is 1. The number of methoxy groups -OCH3 is 2. The first-order valence-electron chi connectivity index (χ1n) is 8.31. The molecule has 3 aromatic rings. The molecule has 2 aromatic heterocycles. The number of ether oxygens (including phenoxy) is 2. The Hall–Kier alpha value is -3.61. The topological polar surface area (TPSA) is 85.4 Å². The molecule has 0 unspecified atom stereocenters. The molecule has 27 heavy (non-hydrogen) atoms. The lowest BCUT2D eigenvalue weighted by molar-refractivity contribution is 0.251. The summed E-state index contributed by atoms with van der Waals surface area (Å²) in [6.45, 7) is 0.369. The number of hydrogen-bond donors (Lipinski definition) is 2. The smallest absolute Gasteiger partial charge is 0.319 e. The maximum atomic E-state index is 12.2. The Morgan fingerprint density at radius 1 is 0.963 bits per heavy atom. The van der Waals surface area contributed by atoms with E-state index in [4.69, 9.17) is 9.47 Å². The predicted molar refractivity (Wildman–Crippen MR) is 103 cm³/mol. The second-order valence-corrected chi connectivity index (χ2v) is 5.69. The molecule has 3 rings (SSSR count). The Bertz CT molecular complexity index is 894. The summed E-state index contributed by atoms with van der Waals surface area (Å²) in [6, 6.07) is 12.4. The van der Waals surface area contributed by atoms with Gasteiger partial charge in [-0.25, -0.2) is 4.79 Å². The minimum atomic E-state index is -0.326. The number of carbonyl (C=O) groups excluding carboxylic acids is 1. The first-order chi connectivity index (χ1) is 13.2. The zero-order valence-corrected chi connectivity index (χ0v) is 15.1. The number of anilines is 1. The van der Waals surface area contributed by atoms with Crippen molar-refractivity contribution in [2.24, 2.45) is 0 Å². The zero-order valence-electron chi connectivity index (χ0n) is 15.1. The highest BCUT2D eigenvalue weighted by Crippen LogP contribution is 2.25. The highest BCUT2D eigenvalue weighted by atomic mass is 16.5. The molecule has 0 aliphatic carbocycles. The van der Waals surface area contributed by atoms with E-state index in [0.717, 1.165) is 16.8 Å². The number of nitrogens with zero attached hydrogens (tertiary/aromatic N) is 2. The molecule has 2 heterocycles. The number of rotatable bonds is 6. The number of aromatic nitrogens is 2. The van der Waals surface area contributed by atoms with Crippen LogP contribution in [0.25, 0.3) is 11.3 Å². The van der Waals surface area contributed by atoms with Crippen LogP contribution in [0.2, 0.25) is 0 Å². The van der Waals surface area contributed by atoms with E-state index in [1.807, 2.05) is 24.3 Å². The zero-order chi connectivity index (χ0) is 19.1. The van der Waals surface area contributed by atoms with E-state index >= 15 is 0 Å². The molecule has 2 amide bonds. The van der Waals surface area contributed by atoms with Crippen molar-refractivity contribution < 1.29 is 14.3 Å². The fourth-order valence-electron chi connectivity index (χ4n) is 2.50. The van der Waals surface area contributed by atoms with Gasteiger partial charge in [-0.1, -0.05) is 0 Å². The van der Waals surface area contributed by atoms with Crippen LogP contribution in [0.5, 0.6) is 11.5 Å². The Labute approximate surface area is 157 Å². The molecule has 0 spiro atoms. The monoisotopic (exact) mass is 364 g/mol. The van der Waals surface area contributed by atoms with Crippen LogP contribution < -0.4 is 20.1 Å². The summed E-state index contributed by atoms with van der Waals surface area (Å²) in [4.78, 5) is 20.6. The van der Waals surface area contributed by atoms with Crippen LogP contribution in [-0.2, 0) is 6.54 Å². The summed E-state index contributed by atoms with van der Waals surface area (Å²) in [5, 5.41) is 5.60. The van der Waals surface area contributed by atoms with Gasteiger partial charge in [-0.3, -0.25) is 9.97 Å². The normalized spacial score (nSPS) is 10.1. The largest absolute Gasteiger partial charge is 0.497 e. The maximum Gasteiger partial charge on any atom is 0.319 e. The molecule has 2 N–H and O–H groups in total.